The molecule has 178 valence electrons. The smallest absolute Gasteiger partial charge is 0.0735 e. The molecule has 0 N–H and O–H groups in total. The van der Waals surface area contributed by atoms with E-state index >= 15 is 0 Å². The summed E-state index contributed by atoms with van der Waals surface area (Å²) < 4.78 is 0. The lowest BCUT2D eigenvalue weighted by molar-refractivity contribution is 0.189. The number of hydrogen-bond donors (Lipinski definition) is 0. The van der Waals surface area contributed by atoms with Gasteiger partial charge in [0.25, 0.3) is 0 Å². The Kier molecular flexibility index (Phi) is 4.62. The molecule has 1 spiro atoms. The van der Waals surface area contributed by atoms with Gasteiger partial charge in [-0.2, -0.15) is 0 Å². The first-order valence-corrected chi connectivity index (χ1v) is 13.9. The lowest BCUT2D eigenvalue weighted by Gasteiger charge is -2.40. The van der Waals surface area contributed by atoms with Gasteiger partial charge in [0, 0.05) is 9.79 Å². The van der Waals surface area contributed by atoms with Crippen LogP contribution in [-0.4, -0.2) is 0 Å². The molecule has 0 atom stereocenters. The highest BCUT2D eigenvalue weighted by molar-refractivity contribution is 7.99. The third-order valence-electron chi connectivity index (χ3n) is 9.35. The Morgan fingerprint density at radius 3 is 1.86 bits per heavy atom. The highest BCUT2D eigenvalue weighted by atomic mass is 32.2. The molecule has 0 amide bonds. The monoisotopic (exact) mass is 484 g/mol. The maximum absolute atomic E-state index is 2.56. The Labute approximate surface area is 219 Å². The van der Waals surface area contributed by atoms with Crippen LogP contribution >= 0.6 is 11.8 Å². The Balaban J connectivity index is 1.50. The van der Waals surface area contributed by atoms with Crippen molar-refractivity contribution in [1.82, 2.24) is 0 Å². The molecule has 0 radical (unpaired) electrons. The van der Waals surface area contributed by atoms with E-state index in [0.717, 1.165) is 6.42 Å². The third-order valence-corrected chi connectivity index (χ3v) is 10.6. The van der Waals surface area contributed by atoms with Crippen molar-refractivity contribution in [2.75, 3.05) is 0 Å². The van der Waals surface area contributed by atoms with Crippen LogP contribution in [-0.2, 0) is 11.8 Å². The molecule has 4 aromatic rings. The highest BCUT2D eigenvalue weighted by Crippen LogP contribution is 2.62. The lowest BCUT2D eigenvalue weighted by atomic mass is 9.67. The molecule has 0 fully saturated rings. The van der Waals surface area contributed by atoms with Crippen LogP contribution < -0.4 is 0 Å². The first kappa shape index (κ1) is 22.2. The second-order valence-electron chi connectivity index (χ2n) is 12.0. The van der Waals surface area contributed by atoms with Crippen molar-refractivity contribution < 1.29 is 0 Å². The molecule has 1 heteroatoms. The van der Waals surface area contributed by atoms with E-state index in [0.29, 0.717) is 5.41 Å². The number of hydrogen-bond acceptors (Lipinski definition) is 1. The van der Waals surface area contributed by atoms with Crippen molar-refractivity contribution in [3.8, 4) is 11.1 Å². The van der Waals surface area contributed by atoms with E-state index in [1.807, 2.05) is 11.8 Å². The maximum Gasteiger partial charge on any atom is 0.0735 e. The molecule has 1 aliphatic heterocycles. The zero-order valence-electron chi connectivity index (χ0n) is 21.6. The van der Waals surface area contributed by atoms with Crippen LogP contribution in [0.1, 0.15) is 61.9 Å². The molecule has 0 bridgehead atoms. The van der Waals surface area contributed by atoms with E-state index in [9.17, 15) is 0 Å². The van der Waals surface area contributed by atoms with Crippen LogP contribution in [0.25, 0.3) is 11.1 Å². The van der Waals surface area contributed by atoms with Gasteiger partial charge in [0.1, 0.15) is 0 Å². The summed E-state index contributed by atoms with van der Waals surface area (Å²) in [4.78, 5) is 2.83. The Hall–Kier alpha value is -3.03. The molecule has 0 aromatic heterocycles. The Morgan fingerprint density at radius 2 is 1.22 bits per heavy atom. The van der Waals surface area contributed by atoms with Gasteiger partial charge in [0.2, 0.25) is 0 Å². The van der Waals surface area contributed by atoms with Gasteiger partial charge < -0.3 is 0 Å². The van der Waals surface area contributed by atoms with Crippen LogP contribution in [0.5, 0.6) is 0 Å². The highest BCUT2D eigenvalue weighted by Gasteiger charge is 2.50. The molecule has 2 aliphatic carbocycles. The molecule has 36 heavy (non-hydrogen) atoms. The minimum absolute atomic E-state index is 0.224. The van der Waals surface area contributed by atoms with Gasteiger partial charge in [-0.3, -0.25) is 0 Å². The standard InChI is InChI=1S/C35H32S/c1-33(2)21-23(22-34(33,3)4)20-24-12-11-18-30-32(24)36-31-19-10-9-17-29(31)35(30)27-15-7-5-13-25(27)26-14-6-8-16-28(26)35/h5-19,21H,20,22H2,1-4H3. The minimum atomic E-state index is -0.275. The lowest BCUT2D eigenvalue weighted by Crippen LogP contribution is -2.32. The van der Waals surface area contributed by atoms with Crippen LogP contribution in [0, 0.1) is 10.8 Å². The summed E-state index contributed by atoms with van der Waals surface area (Å²) in [6, 6.07) is 34.3. The van der Waals surface area contributed by atoms with Gasteiger partial charge in [-0.25, -0.2) is 0 Å². The van der Waals surface area contributed by atoms with Crippen molar-refractivity contribution in [3.63, 3.8) is 0 Å². The first-order chi connectivity index (χ1) is 17.3. The average molecular weight is 485 g/mol. The van der Waals surface area contributed by atoms with Gasteiger partial charge in [-0.05, 0) is 68.7 Å². The van der Waals surface area contributed by atoms with E-state index in [1.165, 1.54) is 55.2 Å². The van der Waals surface area contributed by atoms with Gasteiger partial charge in [-0.15, -0.1) is 0 Å². The fraction of sp³-hybridized carbons (Fsp3) is 0.257. The number of allylic oxidation sites excluding steroid dienone is 2. The third kappa shape index (κ3) is 2.84. The number of benzene rings is 4. The molecule has 7 rings (SSSR count). The van der Waals surface area contributed by atoms with E-state index < -0.39 is 0 Å². The summed E-state index contributed by atoms with van der Waals surface area (Å²) >= 11 is 1.98. The van der Waals surface area contributed by atoms with Gasteiger partial charge >= 0.3 is 0 Å². The van der Waals surface area contributed by atoms with Crippen molar-refractivity contribution in [1.29, 1.82) is 0 Å². The maximum atomic E-state index is 2.56. The normalized spacial score (nSPS) is 19.3. The first-order valence-electron chi connectivity index (χ1n) is 13.1. The van der Waals surface area contributed by atoms with Crippen molar-refractivity contribution >= 4 is 11.8 Å². The van der Waals surface area contributed by atoms with E-state index in [1.54, 1.807) is 5.57 Å². The second-order valence-corrected chi connectivity index (χ2v) is 13.0. The minimum Gasteiger partial charge on any atom is -0.0891 e. The Bertz CT molecular complexity index is 1520. The summed E-state index contributed by atoms with van der Waals surface area (Å²) in [7, 11) is 0. The van der Waals surface area contributed by atoms with Gasteiger partial charge in [-0.1, -0.05) is 136 Å². The molecule has 3 aliphatic rings. The Morgan fingerprint density at radius 1 is 0.639 bits per heavy atom. The molecule has 0 nitrogen and oxygen atoms in total. The summed E-state index contributed by atoms with van der Waals surface area (Å²) in [5, 5.41) is 0. The van der Waals surface area contributed by atoms with Crippen LogP contribution in [0.3, 0.4) is 0 Å². The fourth-order valence-corrected chi connectivity index (χ4v) is 8.29. The second kappa shape index (κ2) is 7.49. The average Bonchev–Trinajstić information content (AvgIpc) is 3.27. The summed E-state index contributed by atoms with van der Waals surface area (Å²) in [6.07, 6.45) is 4.76. The summed E-state index contributed by atoms with van der Waals surface area (Å²) in [5.74, 6) is 0. The zero-order valence-corrected chi connectivity index (χ0v) is 22.4. The quantitative estimate of drug-likeness (QED) is 0.221. The number of rotatable bonds is 2. The van der Waals surface area contributed by atoms with Crippen molar-refractivity contribution in [2.24, 2.45) is 10.8 Å². The molecular weight excluding hydrogens is 452 g/mol. The molecular formula is C35H32S. The van der Waals surface area contributed by atoms with E-state index in [-0.39, 0.29) is 10.8 Å². The summed E-state index contributed by atoms with van der Waals surface area (Å²) in [5.41, 5.74) is 11.7. The van der Waals surface area contributed by atoms with Crippen LogP contribution in [0.4, 0.5) is 0 Å². The van der Waals surface area contributed by atoms with Crippen molar-refractivity contribution in [3.05, 3.63) is 130 Å². The predicted octanol–water partition coefficient (Wildman–Crippen LogP) is 9.44. The van der Waals surface area contributed by atoms with Gasteiger partial charge in [0.05, 0.1) is 5.41 Å². The topological polar surface area (TPSA) is 0 Å². The van der Waals surface area contributed by atoms with Gasteiger partial charge in [0.15, 0.2) is 0 Å². The number of fused-ring (bicyclic) bond motifs is 9. The van der Waals surface area contributed by atoms with Crippen LogP contribution in [0.15, 0.2) is 112 Å². The summed E-state index contributed by atoms with van der Waals surface area (Å²) in [6.45, 7) is 9.63. The van der Waals surface area contributed by atoms with Crippen LogP contribution in [0.2, 0.25) is 0 Å². The van der Waals surface area contributed by atoms with E-state index in [4.69, 9.17) is 0 Å². The molecule has 0 unspecified atom stereocenters. The zero-order chi connectivity index (χ0) is 24.7. The fourth-order valence-electron chi connectivity index (χ4n) is 6.99. The molecule has 1 heterocycles. The SMILES string of the molecule is CC1(C)C=C(Cc2cccc3c2Sc2ccccc2C32c3ccccc3-c3ccccc32)CC1(C)C. The van der Waals surface area contributed by atoms with Crippen molar-refractivity contribution in [2.45, 2.75) is 55.7 Å². The molecule has 0 saturated carbocycles. The predicted molar refractivity (Wildman–Crippen MR) is 152 cm³/mol. The molecule has 0 saturated heterocycles. The van der Waals surface area contributed by atoms with E-state index in [2.05, 4.69) is 125 Å². The molecule has 4 aromatic carbocycles. The largest absolute Gasteiger partial charge is 0.0891 e.